The number of nitrogens with zero attached hydrogens (tertiary/aromatic N) is 3. The van der Waals surface area contributed by atoms with Crippen molar-refractivity contribution in [2.24, 2.45) is 0 Å². The molecule has 1 saturated heterocycles. The summed E-state index contributed by atoms with van der Waals surface area (Å²) in [7, 11) is 1.71. The Bertz CT molecular complexity index is 678. The first-order valence-electron chi connectivity index (χ1n) is 7.06. The van der Waals surface area contributed by atoms with E-state index in [4.69, 9.17) is 4.74 Å². The van der Waals surface area contributed by atoms with Gasteiger partial charge in [0.2, 0.25) is 0 Å². The van der Waals surface area contributed by atoms with Crippen LogP contribution in [0.25, 0.3) is 0 Å². The van der Waals surface area contributed by atoms with Gasteiger partial charge in [0.15, 0.2) is 0 Å². The molecule has 0 aliphatic carbocycles. The second-order valence-corrected chi connectivity index (χ2v) is 5.16. The minimum absolute atomic E-state index is 0.412. The molecule has 1 fully saturated rings. The summed E-state index contributed by atoms with van der Waals surface area (Å²) in [5.74, 6) is 2.14. The molecule has 4 heteroatoms. The number of pyridine rings is 1. The van der Waals surface area contributed by atoms with Gasteiger partial charge in [0, 0.05) is 25.2 Å². The third kappa shape index (κ3) is 2.55. The fourth-order valence-electron chi connectivity index (χ4n) is 2.95. The number of ether oxygens (including phenoxy) is 1. The van der Waals surface area contributed by atoms with Crippen molar-refractivity contribution in [3.8, 4) is 11.8 Å². The van der Waals surface area contributed by atoms with Gasteiger partial charge in [-0.15, -0.1) is 0 Å². The molecular formula is C17H17N3O. The van der Waals surface area contributed by atoms with E-state index < -0.39 is 0 Å². The summed E-state index contributed by atoms with van der Waals surface area (Å²) in [6, 6.07) is 14.0. The Morgan fingerprint density at radius 1 is 1.29 bits per heavy atom. The van der Waals surface area contributed by atoms with Crippen LogP contribution in [0.15, 0.2) is 42.6 Å². The largest absolute Gasteiger partial charge is 0.496 e. The number of aromatic nitrogens is 1. The van der Waals surface area contributed by atoms with Crippen LogP contribution in [0, 0.1) is 11.3 Å². The molecule has 1 aromatic carbocycles. The summed E-state index contributed by atoms with van der Waals surface area (Å²) in [5, 5.41) is 9.21. The quantitative estimate of drug-likeness (QED) is 0.866. The molecule has 2 aromatic rings. The van der Waals surface area contributed by atoms with Crippen molar-refractivity contribution in [1.29, 1.82) is 5.26 Å². The third-order valence-electron chi connectivity index (χ3n) is 3.97. The molecule has 0 saturated carbocycles. The zero-order chi connectivity index (χ0) is 14.7. The maximum Gasteiger partial charge on any atom is 0.146 e. The van der Waals surface area contributed by atoms with Crippen LogP contribution < -0.4 is 9.64 Å². The molecule has 3 rings (SSSR count). The molecule has 2 heterocycles. The number of para-hydroxylation sites is 1. The Labute approximate surface area is 124 Å². The Hall–Kier alpha value is -2.54. The fourth-order valence-corrected chi connectivity index (χ4v) is 2.95. The van der Waals surface area contributed by atoms with Gasteiger partial charge in [0.05, 0.1) is 12.7 Å². The van der Waals surface area contributed by atoms with Crippen molar-refractivity contribution in [1.82, 2.24) is 4.98 Å². The standard InChI is InChI=1S/C17H17N3O/c1-21-16-7-3-2-6-15(16)14-8-10-20(12-14)17-13(11-18)5-4-9-19-17/h2-7,9,14H,8,10,12H2,1H3. The number of hydrogen-bond acceptors (Lipinski definition) is 4. The molecule has 0 amide bonds. The van der Waals surface area contributed by atoms with Crippen molar-refractivity contribution in [2.75, 3.05) is 25.1 Å². The fraction of sp³-hybridized carbons (Fsp3) is 0.294. The number of benzene rings is 1. The van der Waals surface area contributed by atoms with Crippen LogP contribution in [0.5, 0.6) is 5.75 Å². The van der Waals surface area contributed by atoms with Gasteiger partial charge in [-0.2, -0.15) is 5.26 Å². The lowest BCUT2D eigenvalue weighted by molar-refractivity contribution is 0.406. The Balaban J connectivity index is 1.84. The van der Waals surface area contributed by atoms with Crippen LogP contribution in [0.1, 0.15) is 23.5 Å². The highest BCUT2D eigenvalue weighted by molar-refractivity contribution is 5.55. The molecule has 0 spiro atoms. The minimum Gasteiger partial charge on any atom is -0.496 e. The van der Waals surface area contributed by atoms with Gasteiger partial charge in [-0.1, -0.05) is 18.2 Å². The Morgan fingerprint density at radius 2 is 2.14 bits per heavy atom. The van der Waals surface area contributed by atoms with Gasteiger partial charge >= 0.3 is 0 Å². The van der Waals surface area contributed by atoms with Gasteiger partial charge in [0.1, 0.15) is 17.6 Å². The molecule has 0 bridgehead atoms. The van der Waals surface area contributed by atoms with E-state index in [1.807, 2.05) is 24.3 Å². The van der Waals surface area contributed by atoms with Crippen LogP contribution in [0.3, 0.4) is 0 Å². The first-order chi connectivity index (χ1) is 10.3. The summed E-state index contributed by atoms with van der Waals surface area (Å²) in [6.07, 6.45) is 2.79. The van der Waals surface area contributed by atoms with Crippen molar-refractivity contribution < 1.29 is 4.74 Å². The molecule has 21 heavy (non-hydrogen) atoms. The highest BCUT2D eigenvalue weighted by Gasteiger charge is 2.27. The normalized spacial score (nSPS) is 17.5. The summed E-state index contributed by atoms with van der Waals surface area (Å²) in [4.78, 5) is 6.56. The molecule has 0 N–H and O–H groups in total. The van der Waals surface area contributed by atoms with Crippen molar-refractivity contribution in [3.05, 3.63) is 53.7 Å². The first kappa shape index (κ1) is 13.4. The van der Waals surface area contributed by atoms with Crippen LogP contribution in [0.2, 0.25) is 0 Å². The average molecular weight is 279 g/mol. The molecule has 0 radical (unpaired) electrons. The number of rotatable bonds is 3. The zero-order valence-corrected chi connectivity index (χ0v) is 12.0. The van der Waals surface area contributed by atoms with Crippen molar-refractivity contribution >= 4 is 5.82 Å². The molecule has 1 atom stereocenters. The Kier molecular flexibility index (Phi) is 3.74. The second-order valence-electron chi connectivity index (χ2n) is 5.16. The second kappa shape index (κ2) is 5.84. The van der Waals surface area contributed by atoms with E-state index in [0.29, 0.717) is 11.5 Å². The number of methoxy groups -OCH3 is 1. The molecule has 1 aromatic heterocycles. The van der Waals surface area contributed by atoms with E-state index >= 15 is 0 Å². The van der Waals surface area contributed by atoms with Crippen LogP contribution in [-0.2, 0) is 0 Å². The monoisotopic (exact) mass is 279 g/mol. The van der Waals surface area contributed by atoms with Crippen LogP contribution >= 0.6 is 0 Å². The lowest BCUT2D eigenvalue weighted by Gasteiger charge is -2.19. The number of nitriles is 1. The van der Waals surface area contributed by atoms with E-state index in [1.54, 1.807) is 19.4 Å². The van der Waals surface area contributed by atoms with E-state index in [2.05, 4.69) is 22.0 Å². The molecule has 4 nitrogen and oxygen atoms in total. The van der Waals surface area contributed by atoms with Gasteiger partial charge in [-0.3, -0.25) is 0 Å². The van der Waals surface area contributed by atoms with E-state index in [9.17, 15) is 5.26 Å². The van der Waals surface area contributed by atoms with E-state index in [0.717, 1.165) is 31.1 Å². The van der Waals surface area contributed by atoms with Crippen LogP contribution in [-0.4, -0.2) is 25.2 Å². The van der Waals surface area contributed by atoms with Crippen molar-refractivity contribution in [2.45, 2.75) is 12.3 Å². The predicted octanol–water partition coefficient (Wildman–Crippen LogP) is 2.96. The van der Waals surface area contributed by atoms with Gasteiger partial charge in [0.25, 0.3) is 0 Å². The Morgan fingerprint density at radius 3 is 2.95 bits per heavy atom. The average Bonchev–Trinajstić information content (AvgIpc) is 3.04. The van der Waals surface area contributed by atoms with Gasteiger partial charge in [-0.05, 0) is 30.2 Å². The van der Waals surface area contributed by atoms with E-state index in [-0.39, 0.29) is 0 Å². The third-order valence-corrected chi connectivity index (χ3v) is 3.97. The van der Waals surface area contributed by atoms with Crippen LogP contribution in [0.4, 0.5) is 5.82 Å². The SMILES string of the molecule is COc1ccccc1C1CCN(c2ncccc2C#N)C1. The summed E-state index contributed by atoms with van der Waals surface area (Å²) in [6.45, 7) is 1.78. The minimum atomic E-state index is 0.412. The van der Waals surface area contributed by atoms with E-state index in [1.165, 1.54) is 5.56 Å². The topological polar surface area (TPSA) is 49.1 Å². The highest BCUT2D eigenvalue weighted by atomic mass is 16.5. The van der Waals surface area contributed by atoms with Gasteiger partial charge < -0.3 is 9.64 Å². The zero-order valence-electron chi connectivity index (χ0n) is 12.0. The first-order valence-corrected chi connectivity index (χ1v) is 7.06. The summed E-state index contributed by atoms with van der Waals surface area (Å²) >= 11 is 0. The smallest absolute Gasteiger partial charge is 0.146 e. The molecule has 1 unspecified atom stereocenters. The van der Waals surface area contributed by atoms with Crippen molar-refractivity contribution in [3.63, 3.8) is 0 Å². The maximum absolute atomic E-state index is 9.21. The summed E-state index contributed by atoms with van der Waals surface area (Å²) in [5.41, 5.74) is 1.87. The summed E-state index contributed by atoms with van der Waals surface area (Å²) < 4.78 is 5.46. The highest BCUT2D eigenvalue weighted by Crippen LogP contribution is 2.35. The molecule has 1 aliphatic heterocycles. The molecular weight excluding hydrogens is 262 g/mol. The predicted molar refractivity (Wildman–Crippen MR) is 81.5 cm³/mol. The lowest BCUT2D eigenvalue weighted by atomic mass is 9.97. The maximum atomic E-state index is 9.21. The lowest BCUT2D eigenvalue weighted by Crippen LogP contribution is -2.21. The van der Waals surface area contributed by atoms with Gasteiger partial charge in [-0.25, -0.2) is 4.98 Å². The molecule has 106 valence electrons. The number of anilines is 1. The molecule has 1 aliphatic rings. The number of hydrogen-bond donors (Lipinski definition) is 0.